The second-order valence-corrected chi connectivity index (χ2v) is 8.82. The number of fused-ring (bicyclic) bond motifs is 1. The number of ether oxygens (including phenoxy) is 1. The Bertz CT molecular complexity index is 785. The van der Waals surface area contributed by atoms with Crippen LogP contribution in [0.15, 0.2) is 22.9 Å². The fourth-order valence-electron chi connectivity index (χ4n) is 3.01. The molecule has 0 radical (unpaired) electrons. The molecule has 1 atom stereocenters. The monoisotopic (exact) mass is 423 g/mol. The summed E-state index contributed by atoms with van der Waals surface area (Å²) in [7, 11) is 1.82. The summed E-state index contributed by atoms with van der Waals surface area (Å²) in [5, 5.41) is 4.66. The fourth-order valence-corrected chi connectivity index (χ4v) is 3.38. The van der Waals surface area contributed by atoms with Crippen LogP contribution >= 0.6 is 15.9 Å². The molecular formula is C18H26BrN5O2. The summed E-state index contributed by atoms with van der Waals surface area (Å²) < 4.78 is 8.06. The number of carbonyl (C=O) groups excluding carboxylic acids is 1. The minimum atomic E-state index is -0.257. The summed E-state index contributed by atoms with van der Waals surface area (Å²) in [5.74, 6) is 0.886. The molecular weight excluding hydrogens is 398 g/mol. The molecule has 142 valence electrons. The van der Waals surface area contributed by atoms with Crippen LogP contribution in [0.2, 0.25) is 0 Å². The minimum Gasteiger partial charge on any atom is -0.449 e. The summed E-state index contributed by atoms with van der Waals surface area (Å²) >= 11 is 3.46. The van der Waals surface area contributed by atoms with Gasteiger partial charge in [-0.2, -0.15) is 0 Å². The number of carbonyl (C=O) groups is 1. The highest BCUT2D eigenvalue weighted by Crippen LogP contribution is 2.23. The smallest absolute Gasteiger partial charge is 0.409 e. The van der Waals surface area contributed by atoms with Crippen LogP contribution in [0.3, 0.4) is 0 Å². The first-order valence-electron chi connectivity index (χ1n) is 8.89. The molecule has 0 spiro atoms. The third-order valence-corrected chi connectivity index (χ3v) is 5.03. The average molecular weight is 424 g/mol. The first-order chi connectivity index (χ1) is 12.2. The fraction of sp³-hybridized carbons (Fsp3) is 0.611. The van der Waals surface area contributed by atoms with Crippen LogP contribution in [0, 0.1) is 5.41 Å². The lowest BCUT2D eigenvalue weighted by Gasteiger charge is -2.37. The molecule has 2 aromatic rings. The van der Waals surface area contributed by atoms with E-state index in [1.165, 1.54) is 0 Å². The van der Waals surface area contributed by atoms with Gasteiger partial charge in [-0.3, -0.25) is 0 Å². The van der Waals surface area contributed by atoms with E-state index in [1.807, 2.05) is 19.2 Å². The number of hydrogen-bond acceptors (Lipinski definition) is 5. The van der Waals surface area contributed by atoms with E-state index in [1.54, 1.807) is 15.6 Å². The van der Waals surface area contributed by atoms with Gasteiger partial charge in [0.15, 0.2) is 5.65 Å². The van der Waals surface area contributed by atoms with Crippen LogP contribution in [-0.4, -0.2) is 58.4 Å². The first kappa shape index (κ1) is 18.9. The van der Waals surface area contributed by atoms with Crippen molar-refractivity contribution in [2.75, 3.05) is 31.6 Å². The van der Waals surface area contributed by atoms with E-state index in [-0.39, 0.29) is 17.6 Å². The SMILES string of the molecule is CN(C(=O)OCC(C)(C)C)[C@H]1CCCN(c2ccc3ncc(Br)n3n2)C1. The Balaban J connectivity index is 1.67. The Morgan fingerprint density at radius 1 is 1.42 bits per heavy atom. The number of rotatable bonds is 3. The van der Waals surface area contributed by atoms with Gasteiger partial charge in [-0.05, 0) is 46.3 Å². The molecule has 7 nitrogen and oxygen atoms in total. The Morgan fingerprint density at radius 3 is 2.92 bits per heavy atom. The highest BCUT2D eigenvalue weighted by atomic mass is 79.9. The van der Waals surface area contributed by atoms with Crippen molar-refractivity contribution in [3.05, 3.63) is 22.9 Å². The first-order valence-corrected chi connectivity index (χ1v) is 9.69. The molecule has 3 heterocycles. The molecule has 2 aromatic heterocycles. The third kappa shape index (κ3) is 4.28. The van der Waals surface area contributed by atoms with Crippen molar-refractivity contribution < 1.29 is 9.53 Å². The van der Waals surface area contributed by atoms with E-state index in [0.29, 0.717) is 6.61 Å². The lowest BCUT2D eigenvalue weighted by Crippen LogP contribution is -2.49. The maximum absolute atomic E-state index is 12.4. The Kier molecular flexibility index (Phi) is 5.41. The molecule has 0 bridgehead atoms. The van der Waals surface area contributed by atoms with Gasteiger partial charge >= 0.3 is 6.09 Å². The topological polar surface area (TPSA) is 63.0 Å². The van der Waals surface area contributed by atoms with E-state index in [4.69, 9.17) is 4.74 Å². The standard InChI is InChI=1S/C18H26BrN5O2/c1-18(2,3)12-26-17(25)22(4)13-6-5-9-23(11-13)16-8-7-15-20-10-14(19)24(15)21-16/h7-8,10,13H,5-6,9,11-12H2,1-4H3/t13-/m0/s1. The Morgan fingerprint density at radius 2 is 2.19 bits per heavy atom. The van der Waals surface area contributed by atoms with Crippen molar-refractivity contribution in [1.29, 1.82) is 0 Å². The third-order valence-electron chi connectivity index (χ3n) is 4.49. The van der Waals surface area contributed by atoms with Gasteiger partial charge in [0.05, 0.1) is 18.8 Å². The zero-order valence-corrected chi connectivity index (χ0v) is 17.4. The van der Waals surface area contributed by atoms with Crippen molar-refractivity contribution in [2.45, 2.75) is 39.7 Å². The molecule has 0 unspecified atom stereocenters. The quantitative estimate of drug-likeness (QED) is 0.754. The molecule has 0 aromatic carbocycles. The second-order valence-electron chi connectivity index (χ2n) is 8.01. The van der Waals surface area contributed by atoms with Gasteiger partial charge in [0.1, 0.15) is 10.4 Å². The van der Waals surface area contributed by atoms with Gasteiger partial charge < -0.3 is 14.5 Å². The molecule has 1 fully saturated rings. The average Bonchev–Trinajstić information content (AvgIpc) is 2.99. The lowest BCUT2D eigenvalue weighted by atomic mass is 9.99. The van der Waals surface area contributed by atoms with E-state index >= 15 is 0 Å². The van der Waals surface area contributed by atoms with Crippen LogP contribution in [0.25, 0.3) is 5.65 Å². The number of anilines is 1. The van der Waals surface area contributed by atoms with E-state index in [9.17, 15) is 4.79 Å². The number of piperidine rings is 1. The van der Waals surface area contributed by atoms with Crippen molar-refractivity contribution in [2.24, 2.45) is 5.41 Å². The maximum atomic E-state index is 12.4. The zero-order chi connectivity index (χ0) is 18.9. The molecule has 0 aliphatic carbocycles. The van der Waals surface area contributed by atoms with E-state index in [0.717, 1.165) is 42.0 Å². The van der Waals surface area contributed by atoms with Crippen LogP contribution in [-0.2, 0) is 4.74 Å². The molecule has 8 heteroatoms. The lowest BCUT2D eigenvalue weighted by molar-refractivity contribution is 0.0661. The van der Waals surface area contributed by atoms with Crippen LogP contribution in [0.4, 0.5) is 10.6 Å². The number of likely N-dealkylation sites (N-methyl/N-ethyl adjacent to an activating group) is 1. The molecule has 1 aliphatic heterocycles. The number of amides is 1. The van der Waals surface area contributed by atoms with Crippen molar-refractivity contribution >= 4 is 33.5 Å². The van der Waals surface area contributed by atoms with Gasteiger partial charge in [0.25, 0.3) is 0 Å². The van der Waals surface area contributed by atoms with Gasteiger partial charge in [0.2, 0.25) is 0 Å². The van der Waals surface area contributed by atoms with Gasteiger partial charge in [-0.15, -0.1) is 5.10 Å². The van der Waals surface area contributed by atoms with Crippen molar-refractivity contribution in [1.82, 2.24) is 19.5 Å². The predicted octanol–water partition coefficient (Wildman–Crippen LogP) is 3.58. The molecule has 1 amide bonds. The summed E-state index contributed by atoms with van der Waals surface area (Å²) in [6.07, 6.45) is 3.46. The molecule has 3 rings (SSSR count). The van der Waals surface area contributed by atoms with Crippen molar-refractivity contribution in [3.8, 4) is 0 Å². The van der Waals surface area contributed by atoms with Crippen LogP contribution < -0.4 is 4.90 Å². The van der Waals surface area contributed by atoms with Gasteiger partial charge in [0, 0.05) is 20.1 Å². The molecule has 0 N–H and O–H groups in total. The predicted molar refractivity (Wildman–Crippen MR) is 104 cm³/mol. The normalized spacial score (nSPS) is 18.2. The van der Waals surface area contributed by atoms with E-state index < -0.39 is 0 Å². The Labute approximate surface area is 162 Å². The highest BCUT2D eigenvalue weighted by Gasteiger charge is 2.28. The number of hydrogen-bond donors (Lipinski definition) is 0. The summed E-state index contributed by atoms with van der Waals surface area (Å²) in [5.41, 5.74) is 0.768. The van der Waals surface area contributed by atoms with Gasteiger partial charge in [-0.1, -0.05) is 20.8 Å². The number of nitrogens with zero attached hydrogens (tertiary/aromatic N) is 5. The number of aromatic nitrogens is 3. The zero-order valence-electron chi connectivity index (χ0n) is 15.8. The number of halogens is 1. The Hall–Kier alpha value is -1.83. The van der Waals surface area contributed by atoms with Crippen molar-refractivity contribution in [3.63, 3.8) is 0 Å². The van der Waals surface area contributed by atoms with Gasteiger partial charge in [-0.25, -0.2) is 14.3 Å². The van der Waals surface area contributed by atoms with Crippen LogP contribution in [0.5, 0.6) is 0 Å². The molecule has 0 saturated carbocycles. The van der Waals surface area contributed by atoms with E-state index in [2.05, 4.69) is 51.7 Å². The summed E-state index contributed by atoms with van der Waals surface area (Å²) in [4.78, 5) is 20.6. The summed E-state index contributed by atoms with van der Waals surface area (Å²) in [6.45, 7) is 8.24. The number of imidazole rings is 1. The summed E-state index contributed by atoms with van der Waals surface area (Å²) in [6, 6.07) is 4.05. The molecule has 1 aliphatic rings. The largest absolute Gasteiger partial charge is 0.449 e. The minimum absolute atomic E-state index is 0.0351. The second kappa shape index (κ2) is 7.42. The molecule has 1 saturated heterocycles. The maximum Gasteiger partial charge on any atom is 0.409 e. The van der Waals surface area contributed by atoms with Crippen LogP contribution in [0.1, 0.15) is 33.6 Å². The molecule has 26 heavy (non-hydrogen) atoms. The highest BCUT2D eigenvalue weighted by molar-refractivity contribution is 9.10.